The van der Waals surface area contributed by atoms with Crippen LogP contribution in [0.15, 0.2) is 10.7 Å². The van der Waals surface area contributed by atoms with E-state index in [2.05, 4.69) is 5.32 Å². The third kappa shape index (κ3) is 2.92. The zero-order valence-electron chi connectivity index (χ0n) is 7.65. The van der Waals surface area contributed by atoms with Gasteiger partial charge in [0.05, 0.1) is 17.4 Å². The fourth-order valence-corrected chi connectivity index (χ4v) is 2.19. The van der Waals surface area contributed by atoms with E-state index in [0.29, 0.717) is 5.03 Å². The molecule has 0 saturated carbocycles. The molecule has 1 N–H and O–H groups in total. The monoisotopic (exact) mass is 213 g/mol. The van der Waals surface area contributed by atoms with E-state index in [1.165, 1.54) is 11.8 Å². The second-order valence-electron chi connectivity index (χ2n) is 2.82. The molecule has 1 rings (SSSR count). The van der Waals surface area contributed by atoms with Crippen molar-refractivity contribution in [2.24, 2.45) is 0 Å². The molecule has 1 aliphatic rings. The van der Waals surface area contributed by atoms with Gasteiger partial charge in [0.1, 0.15) is 5.03 Å². The smallest absolute Gasteiger partial charge is 0.276 e. The Balaban J connectivity index is 2.72. The lowest BCUT2D eigenvalue weighted by atomic mass is 10.2. The molecule has 0 aliphatic carbocycles. The Hall–Kier alpha value is -1.22. The van der Waals surface area contributed by atoms with Crippen LogP contribution in [0.3, 0.4) is 0 Å². The summed E-state index contributed by atoms with van der Waals surface area (Å²) < 4.78 is 0. The molecule has 1 aliphatic heterocycles. The number of nitriles is 1. The quantitative estimate of drug-likeness (QED) is 0.567. The van der Waals surface area contributed by atoms with Crippen molar-refractivity contribution in [3.05, 3.63) is 20.8 Å². The van der Waals surface area contributed by atoms with Gasteiger partial charge in [-0.3, -0.25) is 10.1 Å². The van der Waals surface area contributed by atoms with Crippen molar-refractivity contribution in [3.8, 4) is 6.07 Å². The summed E-state index contributed by atoms with van der Waals surface area (Å²) in [6.45, 7) is 0.784. The first kappa shape index (κ1) is 10.9. The number of nitrogens with one attached hydrogen (secondary N) is 1. The lowest BCUT2D eigenvalue weighted by molar-refractivity contribution is -0.428. The van der Waals surface area contributed by atoms with Crippen LogP contribution in [0.4, 0.5) is 0 Å². The van der Waals surface area contributed by atoms with Crippen LogP contribution >= 0.6 is 11.8 Å². The predicted octanol–water partition coefficient (Wildman–Crippen LogP) is 1.46. The van der Waals surface area contributed by atoms with Gasteiger partial charge >= 0.3 is 0 Å². The molecule has 76 valence electrons. The number of hydrogen-bond acceptors (Lipinski definition) is 5. The van der Waals surface area contributed by atoms with Gasteiger partial charge in [0.15, 0.2) is 0 Å². The fourth-order valence-electron chi connectivity index (χ4n) is 1.15. The molecular formula is C8H11N3O2S. The Kier molecular flexibility index (Phi) is 4.26. The zero-order valence-corrected chi connectivity index (χ0v) is 8.47. The molecule has 6 heteroatoms. The summed E-state index contributed by atoms with van der Waals surface area (Å²) in [7, 11) is 0. The molecule has 0 amide bonds. The summed E-state index contributed by atoms with van der Waals surface area (Å²) in [4.78, 5) is 10.3. The van der Waals surface area contributed by atoms with Gasteiger partial charge in [0.25, 0.3) is 5.70 Å². The van der Waals surface area contributed by atoms with Gasteiger partial charge in [-0.25, -0.2) is 0 Å². The van der Waals surface area contributed by atoms with Gasteiger partial charge in [-0.15, -0.1) is 11.8 Å². The van der Waals surface area contributed by atoms with Crippen LogP contribution in [0.25, 0.3) is 0 Å². The van der Waals surface area contributed by atoms with E-state index >= 15 is 0 Å². The van der Waals surface area contributed by atoms with Gasteiger partial charge in [-0.05, 0) is 6.42 Å². The summed E-state index contributed by atoms with van der Waals surface area (Å²) in [6, 6.07) is 1.92. The van der Waals surface area contributed by atoms with Gasteiger partial charge in [0.2, 0.25) is 0 Å². The Morgan fingerprint density at radius 3 is 3.07 bits per heavy atom. The van der Waals surface area contributed by atoms with Crippen LogP contribution in [0.5, 0.6) is 0 Å². The summed E-state index contributed by atoms with van der Waals surface area (Å²) in [5, 5.41) is 22.7. The highest BCUT2D eigenvalue weighted by Crippen LogP contribution is 2.24. The maximum absolute atomic E-state index is 10.7. The van der Waals surface area contributed by atoms with Crippen LogP contribution in [0.1, 0.15) is 19.3 Å². The second kappa shape index (κ2) is 5.50. The summed E-state index contributed by atoms with van der Waals surface area (Å²) >= 11 is 1.47. The lowest BCUT2D eigenvalue weighted by Crippen LogP contribution is -2.22. The van der Waals surface area contributed by atoms with E-state index in [9.17, 15) is 10.1 Å². The third-order valence-corrected chi connectivity index (χ3v) is 2.97. The topological polar surface area (TPSA) is 79.0 Å². The normalized spacial score (nSPS) is 19.4. The molecule has 0 aromatic carbocycles. The fraction of sp³-hybridized carbons (Fsp3) is 0.625. The molecule has 0 aromatic rings. The minimum atomic E-state index is -0.391. The summed E-state index contributed by atoms with van der Waals surface area (Å²) in [6.07, 6.45) is 1.44. The lowest BCUT2D eigenvalue weighted by Gasteiger charge is -2.15. The molecule has 0 aromatic heterocycles. The van der Waals surface area contributed by atoms with Gasteiger partial charge < -0.3 is 5.32 Å². The van der Waals surface area contributed by atoms with Gasteiger partial charge in [-0.2, -0.15) is 5.26 Å². The van der Waals surface area contributed by atoms with Crippen LogP contribution in [0.2, 0.25) is 0 Å². The van der Waals surface area contributed by atoms with Crippen molar-refractivity contribution in [1.29, 1.82) is 5.26 Å². The van der Waals surface area contributed by atoms with Crippen LogP contribution in [-0.2, 0) is 0 Å². The SMILES string of the molecule is N#CCC/C(=C1/NCCCS1)[N+](=O)[O-]. The van der Waals surface area contributed by atoms with Crippen molar-refractivity contribution in [1.82, 2.24) is 5.32 Å². The van der Waals surface area contributed by atoms with Crippen LogP contribution in [0, 0.1) is 21.4 Å². The average Bonchev–Trinajstić information content (AvgIpc) is 2.19. The van der Waals surface area contributed by atoms with Crippen molar-refractivity contribution >= 4 is 11.8 Å². The van der Waals surface area contributed by atoms with E-state index in [-0.39, 0.29) is 18.5 Å². The van der Waals surface area contributed by atoms with E-state index in [4.69, 9.17) is 5.26 Å². The highest BCUT2D eigenvalue weighted by atomic mass is 32.2. The van der Waals surface area contributed by atoms with Crippen LogP contribution < -0.4 is 5.32 Å². The Bertz CT molecular complexity index is 287. The van der Waals surface area contributed by atoms with E-state index in [0.717, 1.165) is 18.7 Å². The highest BCUT2D eigenvalue weighted by Gasteiger charge is 2.20. The maximum atomic E-state index is 10.7. The molecule has 0 unspecified atom stereocenters. The Labute approximate surface area is 86.3 Å². The molecule has 1 saturated heterocycles. The predicted molar refractivity (Wildman–Crippen MR) is 53.9 cm³/mol. The average molecular weight is 213 g/mol. The molecule has 0 bridgehead atoms. The number of nitrogens with zero attached hydrogens (tertiary/aromatic N) is 2. The minimum Gasteiger partial charge on any atom is -0.375 e. The van der Waals surface area contributed by atoms with Crippen LogP contribution in [-0.4, -0.2) is 17.2 Å². The number of thioether (sulfide) groups is 1. The summed E-state index contributed by atoms with van der Waals surface area (Å²) in [5.74, 6) is 0.909. The number of allylic oxidation sites excluding steroid dienone is 1. The number of hydrogen-bond donors (Lipinski definition) is 1. The first-order valence-corrected chi connectivity index (χ1v) is 5.35. The standard InChI is InChI=1S/C8H11N3O2S/c9-4-1-3-7(11(12)13)8-10-5-2-6-14-8/h10H,1-3,5-6H2/b8-7+. The maximum Gasteiger partial charge on any atom is 0.276 e. The number of nitro groups is 1. The second-order valence-corrected chi connectivity index (χ2v) is 3.93. The third-order valence-electron chi connectivity index (χ3n) is 1.81. The van der Waals surface area contributed by atoms with E-state index in [1.807, 2.05) is 6.07 Å². The molecule has 0 spiro atoms. The van der Waals surface area contributed by atoms with Crippen molar-refractivity contribution in [2.45, 2.75) is 19.3 Å². The molecule has 5 nitrogen and oxygen atoms in total. The Morgan fingerprint density at radius 2 is 2.57 bits per heavy atom. The molecule has 1 heterocycles. The molecule has 1 fully saturated rings. The first-order chi connectivity index (χ1) is 6.75. The molecule has 0 radical (unpaired) electrons. The molecule has 14 heavy (non-hydrogen) atoms. The van der Waals surface area contributed by atoms with Crippen molar-refractivity contribution in [2.75, 3.05) is 12.3 Å². The van der Waals surface area contributed by atoms with Gasteiger partial charge in [0, 0.05) is 18.7 Å². The van der Waals surface area contributed by atoms with Crippen molar-refractivity contribution < 1.29 is 4.92 Å². The molecular weight excluding hydrogens is 202 g/mol. The summed E-state index contributed by atoms with van der Waals surface area (Å²) in [5.41, 5.74) is 0.149. The highest BCUT2D eigenvalue weighted by molar-refractivity contribution is 8.03. The van der Waals surface area contributed by atoms with Gasteiger partial charge in [-0.1, -0.05) is 0 Å². The van der Waals surface area contributed by atoms with E-state index < -0.39 is 4.92 Å². The zero-order chi connectivity index (χ0) is 10.4. The van der Waals surface area contributed by atoms with E-state index in [1.54, 1.807) is 0 Å². The largest absolute Gasteiger partial charge is 0.375 e. The first-order valence-electron chi connectivity index (χ1n) is 4.37. The Morgan fingerprint density at radius 1 is 1.79 bits per heavy atom. The minimum absolute atomic E-state index is 0.149. The number of rotatable bonds is 3. The van der Waals surface area contributed by atoms with Crippen molar-refractivity contribution in [3.63, 3.8) is 0 Å². The molecule has 0 atom stereocenters.